The normalized spacial score (nSPS) is 15.1. The van der Waals surface area contributed by atoms with Gasteiger partial charge in [-0.15, -0.1) is 0 Å². The van der Waals surface area contributed by atoms with Crippen LogP contribution in [0.15, 0.2) is 22.8 Å². The highest BCUT2D eigenvalue weighted by Gasteiger charge is 2.16. The van der Waals surface area contributed by atoms with Gasteiger partial charge in [0.25, 0.3) is 5.91 Å². The summed E-state index contributed by atoms with van der Waals surface area (Å²) in [6.45, 7) is 1.58. The molecule has 0 aliphatic heterocycles. The van der Waals surface area contributed by atoms with Gasteiger partial charge in [0.15, 0.2) is 5.82 Å². The topological polar surface area (TPSA) is 100 Å². The molecular formula is C18H24N4O3. The van der Waals surface area contributed by atoms with Crippen molar-refractivity contribution in [2.24, 2.45) is 5.92 Å². The average Bonchev–Trinajstić information content (AvgIpc) is 3.22. The summed E-state index contributed by atoms with van der Waals surface area (Å²) >= 11 is 0. The molecule has 0 unspecified atom stereocenters. The smallest absolute Gasteiger partial charge is 0.255 e. The molecule has 1 aliphatic rings. The van der Waals surface area contributed by atoms with Gasteiger partial charge in [-0.05, 0) is 25.3 Å². The lowest BCUT2D eigenvalue weighted by Crippen LogP contribution is -2.33. The maximum absolute atomic E-state index is 12.0. The Labute approximate surface area is 146 Å². The molecule has 7 heteroatoms. The molecule has 2 heterocycles. The van der Waals surface area contributed by atoms with Crippen LogP contribution in [-0.4, -0.2) is 28.6 Å². The summed E-state index contributed by atoms with van der Waals surface area (Å²) in [5.41, 5.74) is 1.47. The predicted molar refractivity (Wildman–Crippen MR) is 93.3 cm³/mol. The number of aromatic nitrogens is 2. The lowest BCUT2D eigenvalue weighted by Gasteiger charge is -2.20. The Morgan fingerprint density at radius 2 is 2.12 bits per heavy atom. The van der Waals surface area contributed by atoms with Gasteiger partial charge in [-0.2, -0.15) is 5.10 Å². The highest BCUT2D eigenvalue weighted by molar-refractivity contribution is 5.99. The number of H-pyrrole nitrogens is 1. The summed E-state index contributed by atoms with van der Waals surface area (Å²) in [6, 6.07) is 3.45. The number of carbonyl (C=O) groups is 2. The number of nitrogens with zero attached hydrogens (tertiary/aromatic N) is 1. The van der Waals surface area contributed by atoms with E-state index in [0.717, 1.165) is 12.1 Å². The summed E-state index contributed by atoms with van der Waals surface area (Å²) < 4.78 is 5.08. The number of hydrogen-bond acceptors (Lipinski definition) is 4. The Hall–Kier alpha value is -2.57. The van der Waals surface area contributed by atoms with Gasteiger partial charge in [-0.3, -0.25) is 14.7 Å². The molecule has 0 aromatic carbocycles. The van der Waals surface area contributed by atoms with Crippen LogP contribution in [0.5, 0.6) is 0 Å². The van der Waals surface area contributed by atoms with Crippen LogP contribution in [0.3, 0.4) is 0 Å². The molecule has 25 heavy (non-hydrogen) atoms. The van der Waals surface area contributed by atoms with Crippen LogP contribution in [0.2, 0.25) is 0 Å². The SMILES string of the molecule is Cc1occc1C(=O)NCC(=O)Nc1cc(CC2CCCCC2)[nH]n1. The monoisotopic (exact) mass is 344 g/mol. The number of carbonyl (C=O) groups excluding carboxylic acids is 2. The van der Waals surface area contributed by atoms with Crippen molar-refractivity contribution in [1.82, 2.24) is 15.5 Å². The van der Waals surface area contributed by atoms with Gasteiger partial charge >= 0.3 is 0 Å². The predicted octanol–water partition coefficient (Wildman–Crippen LogP) is 2.80. The maximum Gasteiger partial charge on any atom is 0.255 e. The molecule has 1 saturated carbocycles. The summed E-state index contributed by atoms with van der Waals surface area (Å²) in [4.78, 5) is 23.9. The number of hydrogen-bond donors (Lipinski definition) is 3. The van der Waals surface area contributed by atoms with Crippen molar-refractivity contribution >= 4 is 17.6 Å². The van der Waals surface area contributed by atoms with Gasteiger partial charge in [0.05, 0.1) is 18.4 Å². The van der Waals surface area contributed by atoms with E-state index in [-0.39, 0.29) is 18.4 Å². The van der Waals surface area contributed by atoms with E-state index in [0.29, 0.717) is 23.1 Å². The van der Waals surface area contributed by atoms with Gasteiger partial charge in [0.2, 0.25) is 5.91 Å². The van der Waals surface area contributed by atoms with E-state index in [1.807, 2.05) is 6.07 Å². The standard InChI is InChI=1S/C18H24N4O3/c1-12-15(7-8-25-12)18(24)19-11-17(23)20-16-10-14(21-22-16)9-13-5-3-2-4-6-13/h7-8,10,13H,2-6,9,11H2,1H3,(H,19,24)(H2,20,21,22,23). The Kier molecular flexibility index (Phi) is 5.53. The van der Waals surface area contributed by atoms with Crippen molar-refractivity contribution in [2.75, 3.05) is 11.9 Å². The van der Waals surface area contributed by atoms with E-state index in [2.05, 4.69) is 20.8 Å². The summed E-state index contributed by atoms with van der Waals surface area (Å²) in [6.07, 6.45) is 8.89. The molecule has 0 radical (unpaired) electrons. The zero-order chi connectivity index (χ0) is 17.6. The Bertz CT molecular complexity index is 728. The minimum absolute atomic E-state index is 0.117. The molecule has 3 N–H and O–H groups in total. The molecular weight excluding hydrogens is 320 g/mol. The molecule has 0 saturated heterocycles. The van der Waals surface area contributed by atoms with E-state index in [1.54, 1.807) is 13.0 Å². The van der Waals surface area contributed by atoms with Gasteiger partial charge in [-0.25, -0.2) is 0 Å². The van der Waals surface area contributed by atoms with Crippen molar-refractivity contribution in [2.45, 2.75) is 45.4 Å². The molecule has 3 rings (SSSR count). The third-order valence-corrected chi connectivity index (χ3v) is 4.64. The number of aryl methyl sites for hydroxylation is 1. The van der Waals surface area contributed by atoms with Gasteiger partial charge < -0.3 is 15.1 Å². The Morgan fingerprint density at radius 3 is 2.84 bits per heavy atom. The number of nitrogens with one attached hydrogen (secondary N) is 3. The molecule has 2 aromatic heterocycles. The van der Waals surface area contributed by atoms with E-state index in [9.17, 15) is 9.59 Å². The second-order valence-corrected chi connectivity index (χ2v) is 6.61. The first-order valence-corrected chi connectivity index (χ1v) is 8.78. The van der Waals surface area contributed by atoms with Gasteiger partial charge in [0, 0.05) is 11.8 Å². The van der Waals surface area contributed by atoms with Crippen LogP contribution < -0.4 is 10.6 Å². The zero-order valence-electron chi connectivity index (χ0n) is 14.4. The van der Waals surface area contributed by atoms with E-state index in [4.69, 9.17) is 4.42 Å². The third-order valence-electron chi connectivity index (χ3n) is 4.64. The number of anilines is 1. The van der Waals surface area contributed by atoms with Crippen LogP contribution in [0.4, 0.5) is 5.82 Å². The fourth-order valence-electron chi connectivity index (χ4n) is 3.30. The second-order valence-electron chi connectivity index (χ2n) is 6.61. The summed E-state index contributed by atoms with van der Waals surface area (Å²) in [7, 11) is 0. The lowest BCUT2D eigenvalue weighted by molar-refractivity contribution is -0.115. The van der Waals surface area contributed by atoms with Crippen LogP contribution in [-0.2, 0) is 11.2 Å². The Morgan fingerprint density at radius 1 is 1.32 bits per heavy atom. The van der Waals surface area contributed by atoms with E-state index in [1.165, 1.54) is 38.4 Å². The number of amides is 2. The lowest BCUT2D eigenvalue weighted by atomic mass is 9.86. The summed E-state index contributed by atoms with van der Waals surface area (Å²) in [5.74, 6) is 1.07. The molecule has 7 nitrogen and oxygen atoms in total. The van der Waals surface area contributed by atoms with Crippen molar-refractivity contribution in [3.63, 3.8) is 0 Å². The Balaban J connectivity index is 1.45. The molecule has 1 fully saturated rings. The first kappa shape index (κ1) is 17.3. The highest BCUT2D eigenvalue weighted by Crippen LogP contribution is 2.26. The molecule has 0 spiro atoms. The highest BCUT2D eigenvalue weighted by atomic mass is 16.3. The minimum Gasteiger partial charge on any atom is -0.469 e. The molecule has 1 aliphatic carbocycles. The first-order chi connectivity index (χ1) is 12.1. The third kappa shape index (κ3) is 4.71. The zero-order valence-corrected chi connectivity index (χ0v) is 14.4. The second kappa shape index (κ2) is 8.00. The number of rotatable bonds is 6. The average molecular weight is 344 g/mol. The van der Waals surface area contributed by atoms with Crippen LogP contribution in [0.25, 0.3) is 0 Å². The van der Waals surface area contributed by atoms with Crippen LogP contribution >= 0.6 is 0 Å². The fraction of sp³-hybridized carbons (Fsp3) is 0.500. The summed E-state index contributed by atoms with van der Waals surface area (Å²) in [5, 5.41) is 12.4. The molecule has 134 valence electrons. The molecule has 2 aromatic rings. The quantitative estimate of drug-likeness (QED) is 0.750. The van der Waals surface area contributed by atoms with Gasteiger partial charge in [0.1, 0.15) is 5.76 Å². The van der Waals surface area contributed by atoms with Crippen molar-refractivity contribution in [1.29, 1.82) is 0 Å². The fourth-order valence-corrected chi connectivity index (χ4v) is 3.30. The van der Waals surface area contributed by atoms with Crippen molar-refractivity contribution in [3.8, 4) is 0 Å². The van der Waals surface area contributed by atoms with Crippen LogP contribution in [0, 0.1) is 12.8 Å². The number of furan rings is 1. The first-order valence-electron chi connectivity index (χ1n) is 8.78. The molecule has 2 amide bonds. The minimum atomic E-state index is -0.332. The molecule has 0 atom stereocenters. The largest absolute Gasteiger partial charge is 0.469 e. The maximum atomic E-state index is 12.0. The number of aromatic amines is 1. The van der Waals surface area contributed by atoms with Crippen molar-refractivity contribution in [3.05, 3.63) is 35.4 Å². The van der Waals surface area contributed by atoms with Crippen LogP contribution in [0.1, 0.15) is 53.9 Å². The molecule has 0 bridgehead atoms. The van der Waals surface area contributed by atoms with Crippen molar-refractivity contribution < 1.29 is 14.0 Å². The van der Waals surface area contributed by atoms with E-state index < -0.39 is 0 Å². The van der Waals surface area contributed by atoms with Gasteiger partial charge in [-0.1, -0.05) is 32.1 Å². The van der Waals surface area contributed by atoms with E-state index >= 15 is 0 Å².